The van der Waals surface area contributed by atoms with Crippen molar-refractivity contribution in [2.45, 2.75) is 31.7 Å². The van der Waals surface area contributed by atoms with Crippen molar-refractivity contribution in [3.05, 3.63) is 53.1 Å². The van der Waals surface area contributed by atoms with Gasteiger partial charge in [0.15, 0.2) is 10.9 Å². The lowest BCUT2D eigenvalue weighted by Gasteiger charge is -2.43. The highest BCUT2D eigenvalue weighted by molar-refractivity contribution is 7.81. The molecule has 1 saturated heterocycles. The highest BCUT2D eigenvalue weighted by Crippen LogP contribution is 2.48. The molecule has 4 rings (SSSR count). The number of benzene rings is 1. The van der Waals surface area contributed by atoms with Crippen LogP contribution >= 0.6 is 12.2 Å². The van der Waals surface area contributed by atoms with Crippen molar-refractivity contribution in [1.82, 2.24) is 4.98 Å². The van der Waals surface area contributed by atoms with E-state index in [2.05, 4.69) is 4.98 Å². The summed E-state index contributed by atoms with van der Waals surface area (Å²) in [5.74, 6) is -1.73. The number of anilines is 2. The lowest BCUT2D eigenvalue weighted by atomic mass is 9.75. The van der Waals surface area contributed by atoms with E-state index in [0.29, 0.717) is 29.8 Å². The summed E-state index contributed by atoms with van der Waals surface area (Å²) >= 11 is 5.62. The molecule has 0 unspecified atom stereocenters. The third kappa shape index (κ3) is 2.80. The zero-order chi connectivity index (χ0) is 21.6. The van der Waals surface area contributed by atoms with Crippen molar-refractivity contribution in [3.63, 3.8) is 0 Å². The van der Waals surface area contributed by atoms with E-state index in [-0.39, 0.29) is 22.3 Å². The van der Waals surface area contributed by atoms with Gasteiger partial charge in [-0.2, -0.15) is 5.26 Å². The van der Waals surface area contributed by atoms with Crippen LogP contribution in [-0.4, -0.2) is 39.0 Å². The molecule has 2 fully saturated rings. The molecule has 152 valence electrons. The molecule has 1 aromatic carbocycles. The fraction of sp³-hybridized carbons (Fsp3) is 0.286. The van der Waals surface area contributed by atoms with E-state index in [0.717, 1.165) is 12.5 Å². The number of carbonyl (C=O) groups is 2. The Morgan fingerprint density at radius 3 is 2.63 bits per heavy atom. The molecule has 1 saturated carbocycles. The van der Waals surface area contributed by atoms with Crippen LogP contribution in [-0.2, 0) is 4.79 Å². The minimum atomic E-state index is -0.909. The fourth-order valence-electron chi connectivity index (χ4n) is 3.96. The molecule has 9 heteroatoms. The van der Waals surface area contributed by atoms with E-state index in [9.17, 15) is 14.0 Å². The highest BCUT2D eigenvalue weighted by Gasteiger charge is 2.59. The van der Waals surface area contributed by atoms with Gasteiger partial charge in [0.1, 0.15) is 29.7 Å². The van der Waals surface area contributed by atoms with Gasteiger partial charge in [0.25, 0.3) is 5.91 Å². The molecule has 0 radical (unpaired) electrons. The minimum absolute atomic E-state index is 0.186. The summed E-state index contributed by atoms with van der Waals surface area (Å²) in [5.41, 5.74) is 0.559. The van der Waals surface area contributed by atoms with Crippen molar-refractivity contribution >= 4 is 40.4 Å². The number of halogens is 1. The molecular formula is C21H17FN4O3S. The number of aromatic nitrogens is 1. The lowest BCUT2D eigenvalue weighted by Crippen LogP contribution is -2.55. The number of Topliss-reactive ketones (excluding diaryl/α,β-unsaturated/α-hetero) is 1. The van der Waals surface area contributed by atoms with Gasteiger partial charge in [-0.1, -0.05) is 0 Å². The molecule has 30 heavy (non-hydrogen) atoms. The van der Waals surface area contributed by atoms with E-state index in [1.807, 2.05) is 6.07 Å². The number of nitriles is 1. The first-order valence-corrected chi connectivity index (χ1v) is 9.74. The Morgan fingerprint density at radius 2 is 2.10 bits per heavy atom. The Labute approximate surface area is 177 Å². The number of aliphatic hydroxyl groups excluding tert-OH is 1. The first-order chi connectivity index (χ1) is 14.3. The Balaban J connectivity index is 1.78. The zero-order valence-corrected chi connectivity index (χ0v) is 16.9. The minimum Gasteiger partial charge on any atom is -0.388 e. The first-order valence-electron chi connectivity index (χ1n) is 9.33. The lowest BCUT2D eigenvalue weighted by molar-refractivity contribution is -0.123. The maximum absolute atomic E-state index is 14.6. The van der Waals surface area contributed by atoms with Gasteiger partial charge in [-0.25, -0.2) is 9.37 Å². The number of carbonyl (C=O) groups excluding carboxylic acids is 2. The normalized spacial score (nSPS) is 17.3. The number of nitrogens with zero attached hydrogens (tertiary/aromatic N) is 4. The van der Waals surface area contributed by atoms with Gasteiger partial charge in [-0.3, -0.25) is 14.5 Å². The topological polar surface area (TPSA) is 97.5 Å². The van der Waals surface area contributed by atoms with Crippen LogP contribution in [0.3, 0.4) is 0 Å². The second kappa shape index (κ2) is 7.23. The molecule has 1 aliphatic carbocycles. The molecular weight excluding hydrogens is 407 g/mol. The van der Waals surface area contributed by atoms with Gasteiger partial charge in [-0.05, 0) is 68.2 Å². The predicted octanol–water partition coefficient (Wildman–Crippen LogP) is 2.64. The fourth-order valence-corrected chi connectivity index (χ4v) is 4.43. The monoisotopic (exact) mass is 424 g/mol. The molecule has 1 amide bonds. The summed E-state index contributed by atoms with van der Waals surface area (Å²) in [7, 11) is 0. The number of hydrogen-bond donors (Lipinski definition) is 1. The van der Waals surface area contributed by atoms with E-state index in [1.165, 1.54) is 23.2 Å². The summed E-state index contributed by atoms with van der Waals surface area (Å²) in [6, 6.07) is 7.64. The number of pyridine rings is 1. The number of rotatable bonds is 4. The van der Waals surface area contributed by atoms with Crippen LogP contribution in [0, 0.1) is 24.1 Å². The van der Waals surface area contributed by atoms with E-state index < -0.39 is 23.7 Å². The Bertz CT molecular complexity index is 1140. The Hall–Kier alpha value is -3.22. The molecule has 0 atom stereocenters. The first kappa shape index (κ1) is 20.1. The number of amides is 1. The summed E-state index contributed by atoms with van der Waals surface area (Å²) in [5, 5.41) is 18.3. The smallest absolute Gasteiger partial charge is 0.259 e. The second-order valence-corrected chi connectivity index (χ2v) is 7.73. The number of thiocarbonyl (C=S) groups is 1. The van der Waals surface area contributed by atoms with E-state index >= 15 is 0 Å². The van der Waals surface area contributed by atoms with Gasteiger partial charge in [0, 0.05) is 5.69 Å². The summed E-state index contributed by atoms with van der Waals surface area (Å²) < 4.78 is 14.6. The Kier molecular flexibility index (Phi) is 4.84. The standard InChI is InChI=1S/C21H17FN4O3S/c1-12-7-14(10-24-17(12)9-23)25-19(29)21(5-2-6-21)26(20(25)30)13-3-4-15(16(22)8-13)18(28)11-27/h3-4,7-8,10,27H,2,5-6,11H2,1H3. The third-order valence-corrected chi connectivity index (χ3v) is 6.04. The molecule has 1 spiro atoms. The molecule has 7 nitrogen and oxygen atoms in total. The number of ketones is 1. The van der Waals surface area contributed by atoms with Crippen molar-refractivity contribution in [1.29, 1.82) is 5.26 Å². The van der Waals surface area contributed by atoms with Crippen LogP contribution in [0.5, 0.6) is 0 Å². The van der Waals surface area contributed by atoms with Gasteiger partial charge in [0.05, 0.1) is 17.4 Å². The Morgan fingerprint density at radius 1 is 1.37 bits per heavy atom. The van der Waals surface area contributed by atoms with Crippen LogP contribution < -0.4 is 9.80 Å². The molecule has 2 aliphatic rings. The average Bonchev–Trinajstić information content (AvgIpc) is 2.94. The van der Waals surface area contributed by atoms with Crippen LogP contribution in [0.4, 0.5) is 15.8 Å². The van der Waals surface area contributed by atoms with Crippen molar-refractivity contribution in [3.8, 4) is 6.07 Å². The van der Waals surface area contributed by atoms with Crippen LogP contribution in [0.2, 0.25) is 0 Å². The molecule has 1 aliphatic heterocycles. The second-order valence-electron chi connectivity index (χ2n) is 7.36. The molecule has 1 aromatic heterocycles. The van der Waals surface area contributed by atoms with Crippen LogP contribution in [0.1, 0.15) is 40.9 Å². The van der Waals surface area contributed by atoms with Gasteiger partial charge < -0.3 is 10.0 Å². The summed E-state index contributed by atoms with van der Waals surface area (Å²) in [6.07, 6.45) is 3.37. The SMILES string of the molecule is Cc1cc(N2C(=O)C3(CCC3)N(c3ccc(C(=O)CO)c(F)c3)C2=S)cnc1C#N. The van der Waals surface area contributed by atoms with Crippen molar-refractivity contribution in [2.24, 2.45) is 0 Å². The van der Waals surface area contributed by atoms with Crippen molar-refractivity contribution in [2.75, 3.05) is 16.4 Å². The summed E-state index contributed by atoms with van der Waals surface area (Å²) in [4.78, 5) is 32.2. The average molecular weight is 424 g/mol. The number of aliphatic hydroxyl groups is 1. The van der Waals surface area contributed by atoms with Gasteiger partial charge in [0.2, 0.25) is 0 Å². The van der Waals surface area contributed by atoms with E-state index in [4.69, 9.17) is 22.6 Å². The molecule has 2 heterocycles. The van der Waals surface area contributed by atoms with Crippen LogP contribution in [0.15, 0.2) is 30.5 Å². The maximum Gasteiger partial charge on any atom is 0.259 e. The zero-order valence-electron chi connectivity index (χ0n) is 16.1. The predicted molar refractivity (Wildman–Crippen MR) is 111 cm³/mol. The van der Waals surface area contributed by atoms with Crippen molar-refractivity contribution < 1.29 is 19.1 Å². The third-order valence-electron chi connectivity index (χ3n) is 5.68. The van der Waals surface area contributed by atoms with Crippen LogP contribution in [0.25, 0.3) is 0 Å². The quantitative estimate of drug-likeness (QED) is 0.595. The number of aryl methyl sites for hydroxylation is 1. The maximum atomic E-state index is 14.6. The highest BCUT2D eigenvalue weighted by atomic mass is 32.1. The molecule has 1 N–H and O–H groups in total. The van der Waals surface area contributed by atoms with Gasteiger partial charge >= 0.3 is 0 Å². The molecule has 0 bridgehead atoms. The van der Waals surface area contributed by atoms with Gasteiger partial charge in [-0.15, -0.1) is 0 Å². The molecule has 2 aromatic rings. The largest absolute Gasteiger partial charge is 0.388 e. The summed E-state index contributed by atoms with van der Waals surface area (Å²) in [6.45, 7) is 0.932. The number of hydrogen-bond acceptors (Lipinski definition) is 6. The van der Waals surface area contributed by atoms with E-state index in [1.54, 1.807) is 17.9 Å².